The molecular weight excluding hydrogens is 471 g/mol. The highest BCUT2D eigenvalue weighted by Gasteiger charge is 2.31. The second kappa shape index (κ2) is 9.59. The first-order chi connectivity index (χ1) is 15.7. The van der Waals surface area contributed by atoms with E-state index in [1.54, 1.807) is 6.07 Å². The topological polar surface area (TPSA) is 38.2 Å². The molecule has 9 heteroatoms. The van der Waals surface area contributed by atoms with Crippen molar-refractivity contribution in [2.24, 2.45) is 0 Å². The zero-order chi connectivity index (χ0) is 23.6. The van der Waals surface area contributed by atoms with Crippen LogP contribution >= 0.6 is 23.5 Å². The highest BCUT2D eigenvalue weighted by molar-refractivity contribution is 7.98. The molecule has 0 atom stereocenters. The zero-order valence-electron chi connectivity index (χ0n) is 17.8. The van der Waals surface area contributed by atoms with E-state index in [0.29, 0.717) is 16.5 Å². The van der Waals surface area contributed by atoms with Crippen molar-refractivity contribution < 1.29 is 17.9 Å². The number of rotatable bonds is 7. The Morgan fingerprint density at radius 3 is 2.61 bits per heavy atom. The van der Waals surface area contributed by atoms with E-state index in [1.807, 2.05) is 60.5 Å². The number of hydrogen-bond donors (Lipinski definition) is 2. The number of benzene rings is 3. The summed E-state index contributed by atoms with van der Waals surface area (Å²) < 4.78 is 43.8. The molecule has 0 aliphatic rings. The molecule has 0 bridgehead atoms. The van der Waals surface area contributed by atoms with Crippen molar-refractivity contribution in [3.8, 4) is 5.75 Å². The number of alkyl halides is 3. The summed E-state index contributed by atoms with van der Waals surface area (Å²) in [6, 6.07) is 17.7. The Bertz CT molecular complexity index is 1290. The van der Waals surface area contributed by atoms with E-state index >= 15 is 0 Å². The van der Waals surface area contributed by atoms with Gasteiger partial charge in [-0.25, -0.2) is 0 Å². The maximum Gasteiger partial charge on any atom is 0.573 e. The van der Waals surface area contributed by atoms with Gasteiger partial charge in [-0.15, -0.1) is 13.2 Å². The average Bonchev–Trinajstić information content (AvgIpc) is 3.06. The molecule has 1 aromatic heterocycles. The lowest BCUT2D eigenvalue weighted by molar-refractivity contribution is -0.274. The SMILES string of the molecule is CNCc1cn(Sc2cccc(OC(F)(F)F)c2)c2cc(Nc3ccc(C)cc3Cl)ccc12. The van der Waals surface area contributed by atoms with Crippen molar-refractivity contribution in [2.75, 3.05) is 12.4 Å². The summed E-state index contributed by atoms with van der Waals surface area (Å²) in [5.74, 6) is -0.254. The molecule has 0 unspecified atom stereocenters. The fraction of sp³-hybridized carbons (Fsp3) is 0.167. The van der Waals surface area contributed by atoms with Crippen LogP contribution in [0.4, 0.5) is 24.5 Å². The Morgan fingerprint density at radius 2 is 1.88 bits per heavy atom. The van der Waals surface area contributed by atoms with E-state index in [9.17, 15) is 13.2 Å². The molecule has 0 aliphatic heterocycles. The summed E-state index contributed by atoms with van der Waals surface area (Å²) in [4.78, 5) is 0.615. The summed E-state index contributed by atoms with van der Waals surface area (Å²) in [5.41, 5.74) is 4.70. The summed E-state index contributed by atoms with van der Waals surface area (Å²) in [6.45, 7) is 2.63. The summed E-state index contributed by atoms with van der Waals surface area (Å²) in [6.07, 6.45) is -2.76. The minimum Gasteiger partial charge on any atom is -0.406 e. The van der Waals surface area contributed by atoms with Gasteiger partial charge >= 0.3 is 6.36 Å². The van der Waals surface area contributed by atoms with Gasteiger partial charge in [-0.1, -0.05) is 29.8 Å². The number of aryl methyl sites for hydroxylation is 1. The summed E-state index contributed by atoms with van der Waals surface area (Å²) in [5, 5.41) is 8.16. The predicted molar refractivity (Wildman–Crippen MR) is 129 cm³/mol. The molecule has 0 radical (unpaired) electrons. The molecule has 172 valence electrons. The van der Waals surface area contributed by atoms with Crippen LogP contribution in [0.2, 0.25) is 5.02 Å². The Kier molecular flexibility index (Phi) is 6.78. The van der Waals surface area contributed by atoms with Crippen LogP contribution in [-0.4, -0.2) is 17.4 Å². The molecule has 4 nitrogen and oxygen atoms in total. The molecular formula is C24H21ClF3N3OS. The van der Waals surface area contributed by atoms with Gasteiger partial charge in [0, 0.05) is 28.7 Å². The van der Waals surface area contributed by atoms with Crippen LogP contribution in [0, 0.1) is 6.92 Å². The van der Waals surface area contributed by atoms with Crippen molar-refractivity contribution in [2.45, 2.75) is 24.7 Å². The smallest absolute Gasteiger partial charge is 0.406 e. The molecule has 4 rings (SSSR count). The third kappa shape index (κ3) is 5.76. The standard InChI is InChI=1S/C24H21ClF3N3OS/c1-15-6-9-22(21(25)10-15)30-17-7-8-20-16(13-29-2)14-31(23(20)11-17)33-19-5-3-4-18(12-19)32-24(26,27)28/h3-12,14,29-30H,13H2,1-2H3. The van der Waals surface area contributed by atoms with Gasteiger partial charge in [0.1, 0.15) is 5.75 Å². The first kappa shape index (κ1) is 23.4. The molecule has 0 saturated carbocycles. The number of fused-ring (bicyclic) bond motifs is 1. The Hall–Kier alpha value is -2.81. The first-order valence-electron chi connectivity index (χ1n) is 10.1. The van der Waals surface area contributed by atoms with Gasteiger partial charge in [0.2, 0.25) is 0 Å². The van der Waals surface area contributed by atoms with E-state index in [2.05, 4.69) is 15.4 Å². The lowest BCUT2D eigenvalue weighted by Crippen LogP contribution is -2.17. The Morgan fingerprint density at radius 1 is 1.06 bits per heavy atom. The van der Waals surface area contributed by atoms with E-state index in [-0.39, 0.29) is 5.75 Å². The molecule has 4 aromatic rings. The summed E-state index contributed by atoms with van der Waals surface area (Å²) in [7, 11) is 1.86. The molecule has 33 heavy (non-hydrogen) atoms. The molecule has 1 heterocycles. The van der Waals surface area contributed by atoms with Gasteiger partial charge in [0.25, 0.3) is 0 Å². The minimum absolute atomic E-state index is 0.254. The van der Waals surface area contributed by atoms with Crippen molar-refractivity contribution in [1.29, 1.82) is 0 Å². The van der Waals surface area contributed by atoms with E-state index in [0.717, 1.165) is 33.4 Å². The van der Waals surface area contributed by atoms with Gasteiger partial charge in [-0.05, 0) is 79.5 Å². The second-order valence-corrected chi connectivity index (χ2v) is 8.92. The van der Waals surface area contributed by atoms with Crippen LogP contribution in [0.5, 0.6) is 5.75 Å². The van der Waals surface area contributed by atoms with Crippen LogP contribution in [-0.2, 0) is 6.54 Å². The Balaban J connectivity index is 1.68. The summed E-state index contributed by atoms with van der Waals surface area (Å²) >= 11 is 7.68. The van der Waals surface area contributed by atoms with E-state index in [1.165, 1.54) is 30.1 Å². The molecule has 2 N–H and O–H groups in total. The third-order valence-electron chi connectivity index (χ3n) is 4.87. The van der Waals surface area contributed by atoms with Crippen LogP contribution < -0.4 is 15.4 Å². The molecule has 3 aromatic carbocycles. The lowest BCUT2D eigenvalue weighted by Gasteiger charge is -2.12. The molecule has 0 fully saturated rings. The monoisotopic (exact) mass is 491 g/mol. The number of nitrogens with one attached hydrogen (secondary N) is 2. The number of aromatic nitrogens is 1. The number of ether oxygens (including phenoxy) is 1. The molecule has 0 saturated heterocycles. The van der Waals surface area contributed by atoms with E-state index < -0.39 is 6.36 Å². The van der Waals surface area contributed by atoms with Crippen LogP contribution in [0.15, 0.2) is 71.8 Å². The highest BCUT2D eigenvalue weighted by atomic mass is 35.5. The molecule has 0 aliphatic carbocycles. The van der Waals surface area contributed by atoms with Crippen molar-refractivity contribution in [3.05, 3.63) is 83.0 Å². The van der Waals surface area contributed by atoms with Gasteiger partial charge in [-0.2, -0.15) is 0 Å². The fourth-order valence-corrected chi connectivity index (χ4v) is 4.72. The normalized spacial score (nSPS) is 11.7. The van der Waals surface area contributed by atoms with Crippen molar-refractivity contribution in [1.82, 2.24) is 9.29 Å². The molecule has 0 spiro atoms. The highest BCUT2D eigenvalue weighted by Crippen LogP contribution is 2.35. The van der Waals surface area contributed by atoms with Crippen LogP contribution in [0.3, 0.4) is 0 Å². The van der Waals surface area contributed by atoms with Crippen molar-refractivity contribution >= 4 is 45.8 Å². The quantitative estimate of drug-likeness (QED) is 0.280. The van der Waals surface area contributed by atoms with Gasteiger partial charge in [0.05, 0.1) is 16.2 Å². The van der Waals surface area contributed by atoms with Crippen molar-refractivity contribution in [3.63, 3.8) is 0 Å². The van der Waals surface area contributed by atoms with E-state index in [4.69, 9.17) is 11.6 Å². The number of nitrogens with zero attached hydrogens (tertiary/aromatic N) is 1. The van der Waals surface area contributed by atoms with Gasteiger partial charge in [-0.3, -0.25) is 3.97 Å². The van der Waals surface area contributed by atoms with Crippen LogP contribution in [0.25, 0.3) is 10.9 Å². The maximum atomic E-state index is 12.6. The number of halogens is 4. The third-order valence-corrected chi connectivity index (χ3v) is 6.14. The molecule has 0 amide bonds. The van der Waals surface area contributed by atoms with Gasteiger partial charge in [0.15, 0.2) is 0 Å². The number of hydrogen-bond acceptors (Lipinski definition) is 4. The number of anilines is 2. The maximum absolute atomic E-state index is 12.6. The Labute approximate surface area is 198 Å². The first-order valence-corrected chi connectivity index (χ1v) is 11.2. The lowest BCUT2D eigenvalue weighted by atomic mass is 10.1. The van der Waals surface area contributed by atoms with Crippen LogP contribution in [0.1, 0.15) is 11.1 Å². The largest absolute Gasteiger partial charge is 0.573 e. The second-order valence-electron chi connectivity index (χ2n) is 7.46. The predicted octanol–water partition coefficient (Wildman–Crippen LogP) is 7.52. The average molecular weight is 492 g/mol. The zero-order valence-corrected chi connectivity index (χ0v) is 19.4. The fourth-order valence-electron chi connectivity index (χ4n) is 3.47. The van der Waals surface area contributed by atoms with Gasteiger partial charge < -0.3 is 15.4 Å². The minimum atomic E-state index is -4.73.